The highest BCUT2D eigenvalue weighted by Gasteiger charge is 2.28. The molecule has 1 heterocycles. The van der Waals surface area contributed by atoms with E-state index in [1.54, 1.807) is 0 Å². The fourth-order valence-electron chi connectivity index (χ4n) is 3.78. The predicted molar refractivity (Wildman–Crippen MR) is 141 cm³/mol. The van der Waals surface area contributed by atoms with Crippen molar-refractivity contribution in [2.75, 3.05) is 11.5 Å². The van der Waals surface area contributed by atoms with Gasteiger partial charge in [-0.2, -0.15) is 0 Å². The van der Waals surface area contributed by atoms with Crippen LogP contribution in [0, 0.1) is 0 Å². The zero-order valence-electron chi connectivity index (χ0n) is 20.0. The Kier molecular flexibility index (Phi) is 10.5. The van der Waals surface area contributed by atoms with Crippen LogP contribution in [0.25, 0.3) is 0 Å². The number of ether oxygens (including phenoxy) is 2. The van der Waals surface area contributed by atoms with Crippen LogP contribution in [0.5, 0.6) is 0 Å². The Bertz CT molecular complexity index is 820. The molecule has 0 spiro atoms. The van der Waals surface area contributed by atoms with Crippen LogP contribution in [0.3, 0.4) is 0 Å². The van der Waals surface area contributed by atoms with Crippen molar-refractivity contribution in [2.24, 2.45) is 0 Å². The highest BCUT2D eigenvalue weighted by Crippen LogP contribution is 2.34. The molecule has 1 aliphatic heterocycles. The number of nitrogens with one attached hydrogen (secondary N) is 1. The first-order valence-corrected chi connectivity index (χ1v) is 13.9. The second-order valence-electron chi connectivity index (χ2n) is 9.38. The quantitative estimate of drug-likeness (QED) is 0.405. The summed E-state index contributed by atoms with van der Waals surface area (Å²) < 4.78 is 12.7. The van der Waals surface area contributed by atoms with Gasteiger partial charge in [0.1, 0.15) is 5.60 Å². The molecule has 4 nitrogen and oxygen atoms in total. The fraction of sp³-hybridized carbons (Fsp3) is 0.519. The second-order valence-corrected chi connectivity index (χ2v) is 12.3. The van der Waals surface area contributed by atoms with E-state index in [0.717, 1.165) is 18.4 Å². The normalized spacial score (nSPS) is 16.7. The van der Waals surface area contributed by atoms with Crippen LogP contribution < -0.4 is 5.32 Å². The van der Waals surface area contributed by atoms with E-state index in [2.05, 4.69) is 53.1 Å². The molecule has 180 valence electrons. The minimum absolute atomic E-state index is 0.110. The molecule has 1 fully saturated rings. The lowest BCUT2D eigenvalue weighted by Crippen LogP contribution is -2.47. The summed E-state index contributed by atoms with van der Waals surface area (Å²) in [6.07, 6.45) is 3.45. The molecule has 1 aliphatic rings. The number of carbonyl (C=O) groups excluding carboxylic acids is 1. The van der Waals surface area contributed by atoms with Crippen LogP contribution in [-0.4, -0.2) is 39.9 Å². The Morgan fingerprint density at radius 3 is 2.21 bits per heavy atom. The number of amides is 1. The molecule has 33 heavy (non-hydrogen) atoms. The average Bonchev–Trinajstić information content (AvgIpc) is 2.79. The van der Waals surface area contributed by atoms with E-state index in [0.29, 0.717) is 17.6 Å². The van der Waals surface area contributed by atoms with Gasteiger partial charge in [0.15, 0.2) is 0 Å². The Balaban J connectivity index is 1.75. The topological polar surface area (TPSA) is 47.6 Å². The van der Waals surface area contributed by atoms with Crippen LogP contribution in [0.4, 0.5) is 4.79 Å². The van der Waals surface area contributed by atoms with E-state index in [1.165, 1.54) is 23.5 Å². The number of carbonyl (C=O) groups is 1. The van der Waals surface area contributed by atoms with Gasteiger partial charge < -0.3 is 14.8 Å². The molecule has 2 aromatic carbocycles. The van der Waals surface area contributed by atoms with Gasteiger partial charge in [-0.05, 0) is 69.1 Å². The van der Waals surface area contributed by atoms with Crippen molar-refractivity contribution in [1.29, 1.82) is 0 Å². The van der Waals surface area contributed by atoms with E-state index >= 15 is 0 Å². The van der Waals surface area contributed by atoms with Crippen molar-refractivity contribution in [3.05, 3.63) is 71.8 Å². The number of rotatable bonds is 10. The molecule has 0 bridgehead atoms. The van der Waals surface area contributed by atoms with Crippen molar-refractivity contribution in [3.8, 4) is 0 Å². The van der Waals surface area contributed by atoms with Gasteiger partial charge in [0, 0.05) is 0 Å². The highest BCUT2D eigenvalue weighted by molar-refractivity contribution is 8.17. The number of thioether (sulfide) groups is 2. The maximum Gasteiger partial charge on any atom is 0.407 e. The minimum atomic E-state index is -0.544. The molecule has 0 aliphatic carbocycles. The molecular formula is C27H37NO3S2. The zero-order chi connectivity index (χ0) is 23.5. The fourth-order valence-corrected chi connectivity index (χ4v) is 6.68. The largest absolute Gasteiger partial charge is 0.444 e. The molecule has 6 heteroatoms. The molecule has 2 atom stereocenters. The second kappa shape index (κ2) is 13.3. The van der Waals surface area contributed by atoms with Gasteiger partial charge in [0.05, 0.1) is 23.3 Å². The van der Waals surface area contributed by atoms with Crippen LogP contribution in [0.15, 0.2) is 60.7 Å². The van der Waals surface area contributed by atoms with Crippen molar-refractivity contribution >= 4 is 29.6 Å². The van der Waals surface area contributed by atoms with Crippen LogP contribution >= 0.6 is 23.5 Å². The van der Waals surface area contributed by atoms with Crippen molar-refractivity contribution in [1.82, 2.24) is 5.32 Å². The smallest absolute Gasteiger partial charge is 0.407 e. The van der Waals surface area contributed by atoms with Crippen molar-refractivity contribution in [2.45, 2.75) is 75.4 Å². The minimum Gasteiger partial charge on any atom is -0.444 e. The van der Waals surface area contributed by atoms with Crippen LogP contribution in [0.1, 0.15) is 51.2 Å². The van der Waals surface area contributed by atoms with Gasteiger partial charge in [0.25, 0.3) is 0 Å². The SMILES string of the molecule is CC(C)(C)OC(=O)N[C@@H](Cc1ccccc1)[C@H](CCC1SCCCS1)OCc1ccccc1. The van der Waals surface area contributed by atoms with E-state index < -0.39 is 11.7 Å². The third-order valence-corrected chi connectivity index (χ3v) is 8.42. The van der Waals surface area contributed by atoms with Gasteiger partial charge in [-0.3, -0.25) is 0 Å². The summed E-state index contributed by atoms with van der Waals surface area (Å²) in [5, 5.41) is 3.15. The monoisotopic (exact) mass is 487 g/mol. The molecule has 0 radical (unpaired) electrons. The maximum absolute atomic E-state index is 12.7. The first kappa shape index (κ1) is 26.0. The van der Waals surface area contributed by atoms with Crippen molar-refractivity contribution in [3.63, 3.8) is 0 Å². The summed E-state index contributed by atoms with van der Waals surface area (Å²) in [4.78, 5) is 12.7. The van der Waals surface area contributed by atoms with Crippen LogP contribution in [0.2, 0.25) is 0 Å². The molecular weight excluding hydrogens is 450 g/mol. The molecule has 2 aromatic rings. The van der Waals surface area contributed by atoms with Gasteiger partial charge in [-0.25, -0.2) is 4.79 Å². The molecule has 1 N–H and O–H groups in total. The molecule has 1 saturated heterocycles. The Morgan fingerprint density at radius 1 is 1.00 bits per heavy atom. The summed E-state index contributed by atoms with van der Waals surface area (Å²) >= 11 is 4.10. The average molecular weight is 488 g/mol. The lowest BCUT2D eigenvalue weighted by atomic mass is 9.98. The molecule has 1 amide bonds. The Hall–Kier alpha value is -1.63. The first-order valence-electron chi connectivity index (χ1n) is 11.8. The van der Waals surface area contributed by atoms with Crippen molar-refractivity contribution < 1.29 is 14.3 Å². The van der Waals surface area contributed by atoms with Gasteiger partial charge in [-0.15, -0.1) is 23.5 Å². The van der Waals surface area contributed by atoms with E-state index in [9.17, 15) is 4.79 Å². The standard InChI is InChI=1S/C27H37NO3S2/c1-27(2,3)31-26(29)28-23(19-21-11-6-4-7-12-21)24(15-16-25-32-17-10-18-33-25)30-20-22-13-8-5-9-14-22/h4-9,11-14,23-25H,10,15-20H2,1-3H3,(H,28,29)/t23-,24-/m0/s1. The summed E-state index contributed by atoms with van der Waals surface area (Å²) in [7, 11) is 0. The predicted octanol–water partition coefficient (Wildman–Crippen LogP) is 6.68. The zero-order valence-corrected chi connectivity index (χ0v) is 21.6. The Labute approximate surface area is 207 Å². The van der Waals surface area contributed by atoms with Gasteiger partial charge >= 0.3 is 6.09 Å². The summed E-state index contributed by atoms with van der Waals surface area (Å²) in [5.74, 6) is 2.47. The lowest BCUT2D eigenvalue weighted by Gasteiger charge is -2.31. The summed E-state index contributed by atoms with van der Waals surface area (Å²) in [5.41, 5.74) is 1.77. The number of alkyl carbamates (subject to hydrolysis) is 1. The van der Waals surface area contributed by atoms with E-state index in [-0.39, 0.29) is 12.1 Å². The van der Waals surface area contributed by atoms with Gasteiger partial charge in [0.2, 0.25) is 0 Å². The molecule has 0 aromatic heterocycles. The van der Waals surface area contributed by atoms with E-state index in [1.807, 2.05) is 57.2 Å². The molecule has 3 rings (SSSR count). The maximum atomic E-state index is 12.7. The Morgan fingerprint density at radius 2 is 1.61 bits per heavy atom. The first-order chi connectivity index (χ1) is 15.9. The third-order valence-electron chi connectivity index (χ3n) is 5.34. The van der Waals surface area contributed by atoms with Gasteiger partial charge in [-0.1, -0.05) is 60.7 Å². The van der Waals surface area contributed by atoms with Crippen LogP contribution in [-0.2, 0) is 22.5 Å². The number of hydrogen-bond donors (Lipinski definition) is 1. The molecule has 0 saturated carbocycles. The summed E-state index contributed by atoms with van der Waals surface area (Å²) in [6, 6.07) is 20.4. The highest BCUT2D eigenvalue weighted by atomic mass is 32.2. The third kappa shape index (κ3) is 10.0. The number of hydrogen-bond acceptors (Lipinski definition) is 5. The molecule has 0 unspecified atom stereocenters. The summed E-state index contributed by atoms with van der Waals surface area (Å²) in [6.45, 7) is 6.19. The number of benzene rings is 2. The lowest BCUT2D eigenvalue weighted by molar-refractivity contribution is 0.00106. The van der Waals surface area contributed by atoms with E-state index in [4.69, 9.17) is 9.47 Å².